The van der Waals surface area contributed by atoms with E-state index in [9.17, 15) is 4.39 Å². The van der Waals surface area contributed by atoms with Crippen molar-refractivity contribution in [2.24, 2.45) is 0 Å². The summed E-state index contributed by atoms with van der Waals surface area (Å²) < 4.78 is 18.5. The predicted molar refractivity (Wildman–Crippen MR) is 79.7 cm³/mol. The van der Waals surface area contributed by atoms with E-state index in [1.165, 1.54) is 13.2 Å². The van der Waals surface area contributed by atoms with Crippen molar-refractivity contribution in [1.82, 2.24) is 5.32 Å². The maximum atomic E-state index is 13.6. The molecular formula is C16H17ClFNO. The minimum atomic E-state index is -0.342. The number of rotatable bonds is 5. The Kier molecular flexibility index (Phi) is 4.99. The van der Waals surface area contributed by atoms with Crippen molar-refractivity contribution >= 4 is 11.6 Å². The predicted octanol–water partition coefficient (Wildman–Crippen LogP) is 4.34. The van der Waals surface area contributed by atoms with E-state index in [-0.39, 0.29) is 17.6 Å². The van der Waals surface area contributed by atoms with E-state index in [1.54, 1.807) is 6.07 Å². The minimum Gasteiger partial charge on any atom is -0.494 e. The Labute approximate surface area is 123 Å². The van der Waals surface area contributed by atoms with E-state index in [2.05, 4.69) is 12.2 Å². The summed E-state index contributed by atoms with van der Waals surface area (Å²) in [4.78, 5) is 0. The SMILES string of the molecule is COc1ccc(CNC(C)c2ccc(Cl)cc2)cc1F. The Morgan fingerprint density at radius 1 is 1.20 bits per heavy atom. The molecule has 0 heterocycles. The van der Waals surface area contributed by atoms with Gasteiger partial charge in [-0.1, -0.05) is 29.8 Å². The van der Waals surface area contributed by atoms with Crippen molar-refractivity contribution < 1.29 is 9.13 Å². The zero-order valence-electron chi connectivity index (χ0n) is 11.5. The highest BCUT2D eigenvalue weighted by atomic mass is 35.5. The Bertz CT molecular complexity index is 571. The topological polar surface area (TPSA) is 21.3 Å². The van der Waals surface area contributed by atoms with Gasteiger partial charge in [0.25, 0.3) is 0 Å². The molecule has 0 aliphatic rings. The normalized spacial score (nSPS) is 12.2. The smallest absolute Gasteiger partial charge is 0.165 e. The lowest BCUT2D eigenvalue weighted by Gasteiger charge is -2.14. The van der Waals surface area contributed by atoms with E-state index in [1.807, 2.05) is 30.3 Å². The number of ether oxygens (including phenoxy) is 1. The second-order valence-electron chi connectivity index (χ2n) is 4.62. The van der Waals surface area contributed by atoms with Crippen molar-refractivity contribution in [3.8, 4) is 5.75 Å². The van der Waals surface area contributed by atoms with Crippen molar-refractivity contribution in [3.63, 3.8) is 0 Å². The third-order valence-electron chi connectivity index (χ3n) is 3.20. The van der Waals surface area contributed by atoms with Gasteiger partial charge in [-0.25, -0.2) is 4.39 Å². The van der Waals surface area contributed by atoms with E-state index >= 15 is 0 Å². The standard InChI is InChI=1S/C16H17ClFNO/c1-11(13-4-6-14(17)7-5-13)19-10-12-3-8-16(20-2)15(18)9-12/h3-9,11,19H,10H2,1-2H3. The minimum absolute atomic E-state index is 0.164. The highest BCUT2D eigenvalue weighted by Gasteiger charge is 2.07. The summed E-state index contributed by atoms with van der Waals surface area (Å²) in [6, 6.07) is 12.8. The molecule has 0 amide bonds. The highest BCUT2D eigenvalue weighted by molar-refractivity contribution is 6.30. The Hall–Kier alpha value is -1.58. The number of halogens is 2. The van der Waals surface area contributed by atoms with Crippen LogP contribution in [0.15, 0.2) is 42.5 Å². The van der Waals surface area contributed by atoms with Gasteiger partial charge in [0.05, 0.1) is 7.11 Å². The van der Waals surface area contributed by atoms with Crippen molar-refractivity contribution in [1.29, 1.82) is 0 Å². The summed E-state index contributed by atoms with van der Waals surface area (Å²) in [7, 11) is 1.46. The fourth-order valence-electron chi connectivity index (χ4n) is 1.96. The first-order chi connectivity index (χ1) is 9.60. The molecule has 1 unspecified atom stereocenters. The van der Waals surface area contributed by atoms with Crippen LogP contribution in [0, 0.1) is 5.82 Å². The molecule has 0 fully saturated rings. The van der Waals surface area contributed by atoms with Gasteiger partial charge in [0, 0.05) is 17.6 Å². The second-order valence-corrected chi connectivity index (χ2v) is 5.06. The van der Waals surface area contributed by atoms with Gasteiger partial charge in [0.15, 0.2) is 11.6 Å². The number of benzene rings is 2. The van der Waals surface area contributed by atoms with Crippen molar-refractivity contribution in [2.45, 2.75) is 19.5 Å². The molecule has 4 heteroatoms. The molecule has 0 aliphatic carbocycles. The molecule has 1 N–H and O–H groups in total. The molecule has 1 atom stereocenters. The van der Waals surface area contributed by atoms with Gasteiger partial charge in [-0.05, 0) is 42.3 Å². The third kappa shape index (κ3) is 3.71. The molecule has 0 radical (unpaired) electrons. The fourth-order valence-corrected chi connectivity index (χ4v) is 2.09. The van der Waals surface area contributed by atoms with Crippen LogP contribution in [0.3, 0.4) is 0 Å². The van der Waals surface area contributed by atoms with Gasteiger partial charge in [-0.15, -0.1) is 0 Å². The molecule has 106 valence electrons. The summed E-state index contributed by atoms with van der Waals surface area (Å²) in [5, 5.41) is 4.07. The van der Waals surface area contributed by atoms with Gasteiger partial charge < -0.3 is 10.1 Å². The summed E-state index contributed by atoms with van der Waals surface area (Å²) in [5.74, 6) is -0.0783. The zero-order chi connectivity index (χ0) is 14.5. The molecular weight excluding hydrogens is 277 g/mol. The monoisotopic (exact) mass is 293 g/mol. The van der Waals surface area contributed by atoms with E-state index in [0.29, 0.717) is 6.54 Å². The molecule has 0 spiro atoms. The van der Waals surface area contributed by atoms with Crippen LogP contribution in [-0.2, 0) is 6.54 Å². The third-order valence-corrected chi connectivity index (χ3v) is 3.45. The van der Waals surface area contributed by atoms with E-state index < -0.39 is 0 Å². The van der Waals surface area contributed by atoms with Crippen LogP contribution in [0.4, 0.5) is 4.39 Å². The van der Waals surface area contributed by atoms with Gasteiger partial charge in [-0.3, -0.25) is 0 Å². The lowest BCUT2D eigenvalue weighted by atomic mass is 10.1. The van der Waals surface area contributed by atoms with Crippen molar-refractivity contribution in [3.05, 3.63) is 64.4 Å². The Morgan fingerprint density at radius 2 is 1.90 bits per heavy atom. The van der Waals surface area contributed by atoms with E-state index in [0.717, 1.165) is 16.1 Å². The molecule has 0 bridgehead atoms. The number of hydrogen-bond donors (Lipinski definition) is 1. The molecule has 2 aromatic carbocycles. The van der Waals surface area contributed by atoms with Gasteiger partial charge in [-0.2, -0.15) is 0 Å². The lowest BCUT2D eigenvalue weighted by Crippen LogP contribution is -2.18. The molecule has 0 saturated heterocycles. The highest BCUT2D eigenvalue weighted by Crippen LogP contribution is 2.19. The van der Waals surface area contributed by atoms with E-state index in [4.69, 9.17) is 16.3 Å². The molecule has 0 saturated carbocycles. The van der Waals surface area contributed by atoms with Crippen LogP contribution in [0.2, 0.25) is 5.02 Å². The van der Waals surface area contributed by atoms with Crippen LogP contribution in [0.5, 0.6) is 5.75 Å². The molecule has 2 nitrogen and oxygen atoms in total. The maximum absolute atomic E-state index is 13.6. The second kappa shape index (κ2) is 6.73. The largest absolute Gasteiger partial charge is 0.494 e. The van der Waals surface area contributed by atoms with Crippen molar-refractivity contribution in [2.75, 3.05) is 7.11 Å². The number of hydrogen-bond acceptors (Lipinski definition) is 2. The van der Waals surface area contributed by atoms with Gasteiger partial charge in [0.2, 0.25) is 0 Å². The average Bonchev–Trinajstić information content (AvgIpc) is 2.45. The first-order valence-corrected chi connectivity index (χ1v) is 6.79. The van der Waals surface area contributed by atoms with Crippen LogP contribution in [0.1, 0.15) is 24.1 Å². The van der Waals surface area contributed by atoms with Crippen LogP contribution in [-0.4, -0.2) is 7.11 Å². The summed E-state index contributed by atoms with van der Waals surface area (Å²) >= 11 is 5.86. The van der Waals surface area contributed by atoms with Gasteiger partial charge in [0.1, 0.15) is 0 Å². The first kappa shape index (κ1) is 14.8. The summed E-state index contributed by atoms with van der Waals surface area (Å²) in [5.41, 5.74) is 2.02. The molecule has 2 rings (SSSR count). The molecule has 20 heavy (non-hydrogen) atoms. The van der Waals surface area contributed by atoms with Crippen LogP contribution >= 0.6 is 11.6 Å². The molecule has 0 aromatic heterocycles. The fraction of sp³-hybridized carbons (Fsp3) is 0.250. The zero-order valence-corrected chi connectivity index (χ0v) is 12.2. The summed E-state index contributed by atoms with van der Waals surface area (Å²) in [6.07, 6.45) is 0. The Balaban J connectivity index is 1.97. The Morgan fingerprint density at radius 3 is 2.50 bits per heavy atom. The van der Waals surface area contributed by atoms with Crippen LogP contribution < -0.4 is 10.1 Å². The lowest BCUT2D eigenvalue weighted by molar-refractivity contribution is 0.386. The summed E-state index contributed by atoms with van der Waals surface area (Å²) in [6.45, 7) is 2.65. The van der Waals surface area contributed by atoms with Gasteiger partial charge >= 0.3 is 0 Å². The molecule has 2 aromatic rings. The maximum Gasteiger partial charge on any atom is 0.165 e. The number of nitrogens with one attached hydrogen (secondary N) is 1. The first-order valence-electron chi connectivity index (χ1n) is 6.41. The van der Waals surface area contributed by atoms with Crippen LogP contribution in [0.25, 0.3) is 0 Å². The number of methoxy groups -OCH3 is 1. The molecule has 0 aliphatic heterocycles. The average molecular weight is 294 g/mol. The quantitative estimate of drug-likeness (QED) is 0.885.